The van der Waals surface area contributed by atoms with Gasteiger partial charge in [-0.1, -0.05) is 0 Å². The summed E-state index contributed by atoms with van der Waals surface area (Å²) in [6.45, 7) is 0.293. The number of carboxylic acid groups (broad SMARTS) is 1. The number of carbonyl (C=O) groups is 1. The summed E-state index contributed by atoms with van der Waals surface area (Å²) in [5.74, 6) is -0.375. The van der Waals surface area contributed by atoms with Crippen LogP contribution in [0.1, 0.15) is 6.42 Å². The fourth-order valence-corrected chi connectivity index (χ4v) is 1.22. The third-order valence-electron chi connectivity index (χ3n) is 1.35. The summed E-state index contributed by atoms with van der Waals surface area (Å²) >= 11 is 8.76. The first-order valence-corrected chi connectivity index (χ1v) is 4.90. The Morgan fingerprint density at radius 1 is 1.71 bits per heavy atom. The lowest BCUT2D eigenvalue weighted by Gasteiger charge is -2.05. The molecule has 5 nitrogen and oxygen atoms in total. The minimum Gasteiger partial charge on any atom is -0.481 e. The van der Waals surface area contributed by atoms with Crippen LogP contribution in [-0.4, -0.2) is 27.6 Å². The van der Waals surface area contributed by atoms with Gasteiger partial charge in [-0.25, -0.2) is 4.98 Å². The van der Waals surface area contributed by atoms with Crippen LogP contribution in [0, 0.1) is 0 Å². The van der Waals surface area contributed by atoms with E-state index in [0.29, 0.717) is 16.8 Å². The maximum absolute atomic E-state index is 10.2. The van der Waals surface area contributed by atoms with Gasteiger partial charge in [-0.3, -0.25) is 4.79 Å². The van der Waals surface area contributed by atoms with Crippen LogP contribution in [0.3, 0.4) is 0 Å². The third-order valence-corrected chi connectivity index (χ3v) is 2.11. The smallest absolute Gasteiger partial charge is 0.305 e. The zero-order valence-corrected chi connectivity index (χ0v) is 9.34. The quantitative estimate of drug-likeness (QED) is 0.822. The predicted octanol–water partition coefficient (Wildman–Crippen LogP) is 1.78. The molecule has 0 saturated carbocycles. The van der Waals surface area contributed by atoms with Crippen LogP contribution in [0.15, 0.2) is 10.7 Å². The maximum atomic E-state index is 10.2. The second-order valence-corrected chi connectivity index (χ2v) is 3.60. The molecular formula is C7H7BrClN3O2. The van der Waals surface area contributed by atoms with E-state index in [-0.39, 0.29) is 11.7 Å². The van der Waals surface area contributed by atoms with Crippen molar-refractivity contribution in [2.75, 3.05) is 11.9 Å². The van der Waals surface area contributed by atoms with Crippen molar-refractivity contribution in [3.63, 3.8) is 0 Å². The first-order chi connectivity index (χ1) is 6.59. The van der Waals surface area contributed by atoms with Crippen molar-refractivity contribution < 1.29 is 9.90 Å². The molecule has 0 amide bonds. The summed E-state index contributed by atoms with van der Waals surface area (Å²) in [5, 5.41) is 11.3. The van der Waals surface area contributed by atoms with E-state index in [1.165, 1.54) is 6.20 Å². The molecule has 0 fully saturated rings. The fourth-order valence-electron chi connectivity index (χ4n) is 0.757. The van der Waals surface area contributed by atoms with E-state index >= 15 is 0 Å². The van der Waals surface area contributed by atoms with E-state index in [2.05, 4.69) is 31.2 Å². The van der Waals surface area contributed by atoms with Crippen molar-refractivity contribution in [2.45, 2.75) is 6.42 Å². The lowest BCUT2D eigenvalue weighted by Crippen LogP contribution is -2.09. The molecule has 14 heavy (non-hydrogen) atoms. The Balaban J connectivity index is 2.57. The summed E-state index contributed by atoms with van der Waals surface area (Å²) in [6.07, 6.45) is 1.52. The normalized spacial score (nSPS) is 9.86. The topological polar surface area (TPSA) is 75.1 Å². The van der Waals surface area contributed by atoms with Gasteiger partial charge in [-0.2, -0.15) is 4.98 Å². The molecule has 7 heteroatoms. The first-order valence-electron chi connectivity index (χ1n) is 3.73. The number of aliphatic carboxylic acids is 1. The van der Waals surface area contributed by atoms with Gasteiger partial charge in [-0.05, 0) is 27.5 Å². The molecule has 2 N–H and O–H groups in total. The van der Waals surface area contributed by atoms with Gasteiger partial charge in [0, 0.05) is 12.7 Å². The van der Waals surface area contributed by atoms with Crippen LogP contribution in [0.2, 0.25) is 5.28 Å². The molecule has 0 aromatic carbocycles. The van der Waals surface area contributed by atoms with Crippen molar-refractivity contribution in [3.05, 3.63) is 16.0 Å². The fraction of sp³-hybridized carbons (Fsp3) is 0.286. The van der Waals surface area contributed by atoms with E-state index in [1.54, 1.807) is 0 Å². The summed E-state index contributed by atoms with van der Waals surface area (Å²) in [5.41, 5.74) is 0. The molecule has 0 spiro atoms. The Bertz CT molecular complexity index is 348. The molecule has 0 unspecified atom stereocenters. The Morgan fingerprint density at radius 3 is 3.07 bits per heavy atom. The monoisotopic (exact) mass is 279 g/mol. The number of nitrogens with one attached hydrogen (secondary N) is 1. The maximum Gasteiger partial charge on any atom is 0.305 e. The summed E-state index contributed by atoms with van der Waals surface area (Å²) in [7, 11) is 0. The van der Waals surface area contributed by atoms with Crippen LogP contribution < -0.4 is 5.32 Å². The van der Waals surface area contributed by atoms with Gasteiger partial charge in [-0.15, -0.1) is 0 Å². The van der Waals surface area contributed by atoms with Crippen LogP contribution in [0.25, 0.3) is 0 Å². The zero-order valence-electron chi connectivity index (χ0n) is 7.00. The van der Waals surface area contributed by atoms with Crippen molar-refractivity contribution in [2.24, 2.45) is 0 Å². The zero-order chi connectivity index (χ0) is 10.6. The Morgan fingerprint density at radius 2 is 2.43 bits per heavy atom. The standard InChI is InChI=1S/C7H7BrClN3O2/c8-4-3-11-7(9)12-6(4)10-2-1-5(13)14/h3H,1-2H2,(H,13,14)(H,10,11,12). The van der Waals surface area contributed by atoms with E-state index in [0.717, 1.165) is 0 Å². The highest BCUT2D eigenvalue weighted by atomic mass is 79.9. The number of anilines is 1. The first kappa shape index (κ1) is 11.2. The molecule has 0 aliphatic rings. The van der Waals surface area contributed by atoms with Crippen molar-refractivity contribution in [1.82, 2.24) is 9.97 Å². The Hall–Kier alpha value is -0.880. The summed E-state index contributed by atoms with van der Waals surface area (Å²) < 4.78 is 0.646. The molecule has 76 valence electrons. The lowest BCUT2D eigenvalue weighted by molar-refractivity contribution is -0.136. The molecule has 0 atom stereocenters. The van der Waals surface area contributed by atoms with Crippen LogP contribution in [-0.2, 0) is 4.79 Å². The lowest BCUT2D eigenvalue weighted by atomic mass is 10.4. The Kier molecular flexibility index (Phi) is 4.09. The molecule has 0 aliphatic carbocycles. The van der Waals surface area contributed by atoms with E-state index in [4.69, 9.17) is 16.7 Å². The minimum absolute atomic E-state index is 0.0219. The number of carboxylic acids is 1. The van der Waals surface area contributed by atoms with Crippen LogP contribution >= 0.6 is 27.5 Å². The second-order valence-electron chi connectivity index (χ2n) is 2.41. The number of halogens is 2. The number of aromatic nitrogens is 2. The predicted molar refractivity (Wildman–Crippen MR) is 55.5 cm³/mol. The average molecular weight is 281 g/mol. The summed E-state index contributed by atoms with van der Waals surface area (Å²) in [6, 6.07) is 0. The van der Waals surface area contributed by atoms with Crippen molar-refractivity contribution >= 4 is 39.3 Å². The van der Waals surface area contributed by atoms with Gasteiger partial charge >= 0.3 is 5.97 Å². The van der Waals surface area contributed by atoms with Gasteiger partial charge in [0.1, 0.15) is 5.82 Å². The molecule has 0 radical (unpaired) electrons. The third kappa shape index (κ3) is 3.47. The average Bonchev–Trinajstić information content (AvgIpc) is 2.10. The highest BCUT2D eigenvalue weighted by Crippen LogP contribution is 2.19. The molecule has 0 saturated heterocycles. The largest absolute Gasteiger partial charge is 0.481 e. The summed E-state index contributed by atoms with van der Waals surface area (Å²) in [4.78, 5) is 17.8. The molecule has 1 rings (SSSR count). The van der Waals surface area contributed by atoms with Gasteiger partial charge in [0.05, 0.1) is 10.9 Å². The molecule has 0 bridgehead atoms. The van der Waals surface area contributed by atoms with Gasteiger partial charge in [0.15, 0.2) is 0 Å². The number of nitrogens with zero attached hydrogens (tertiary/aromatic N) is 2. The highest BCUT2D eigenvalue weighted by molar-refractivity contribution is 9.10. The number of hydrogen-bond donors (Lipinski definition) is 2. The van der Waals surface area contributed by atoms with E-state index in [1.807, 2.05) is 0 Å². The van der Waals surface area contributed by atoms with Gasteiger partial charge in [0.25, 0.3) is 0 Å². The highest BCUT2D eigenvalue weighted by Gasteiger charge is 2.03. The number of hydrogen-bond acceptors (Lipinski definition) is 4. The van der Waals surface area contributed by atoms with E-state index < -0.39 is 5.97 Å². The minimum atomic E-state index is -0.867. The van der Waals surface area contributed by atoms with Gasteiger partial charge in [0.2, 0.25) is 5.28 Å². The van der Waals surface area contributed by atoms with Crippen molar-refractivity contribution in [3.8, 4) is 0 Å². The molecule has 1 aromatic heterocycles. The van der Waals surface area contributed by atoms with Crippen LogP contribution in [0.5, 0.6) is 0 Å². The molecule has 0 aliphatic heterocycles. The molecule has 1 heterocycles. The SMILES string of the molecule is O=C(O)CCNc1nc(Cl)ncc1Br. The second kappa shape index (κ2) is 5.11. The molecular weight excluding hydrogens is 273 g/mol. The van der Waals surface area contributed by atoms with Gasteiger partial charge < -0.3 is 10.4 Å². The van der Waals surface area contributed by atoms with Crippen molar-refractivity contribution in [1.29, 1.82) is 0 Å². The molecule has 1 aromatic rings. The van der Waals surface area contributed by atoms with Crippen LogP contribution in [0.4, 0.5) is 5.82 Å². The Labute approximate surface area is 93.6 Å². The van der Waals surface area contributed by atoms with E-state index in [9.17, 15) is 4.79 Å². The number of rotatable bonds is 4.